The fourth-order valence-electron chi connectivity index (χ4n) is 4.16. The lowest BCUT2D eigenvalue weighted by Crippen LogP contribution is -2.46. The van der Waals surface area contributed by atoms with Crippen molar-refractivity contribution in [1.82, 2.24) is 15.8 Å². The number of ether oxygens (including phenoxy) is 2. The lowest BCUT2D eigenvalue weighted by Gasteiger charge is -2.24. The van der Waals surface area contributed by atoms with Crippen molar-refractivity contribution in [1.29, 1.82) is 0 Å². The van der Waals surface area contributed by atoms with Gasteiger partial charge in [0.1, 0.15) is 11.9 Å². The van der Waals surface area contributed by atoms with Gasteiger partial charge in [0.15, 0.2) is 5.75 Å². The first-order chi connectivity index (χ1) is 18.2. The zero-order chi connectivity index (χ0) is 27.2. The summed E-state index contributed by atoms with van der Waals surface area (Å²) in [5.41, 5.74) is 3.82. The lowest BCUT2D eigenvalue weighted by atomic mass is 10.2. The Balaban J connectivity index is 0.00000420. The minimum atomic E-state index is -0.606. The van der Waals surface area contributed by atoms with Crippen LogP contribution in [0.5, 0.6) is 5.75 Å². The molecule has 0 unspecified atom stereocenters. The molecule has 1 atom stereocenters. The highest BCUT2D eigenvalue weighted by Gasteiger charge is 2.33. The van der Waals surface area contributed by atoms with Crippen molar-refractivity contribution in [2.24, 2.45) is 0 Å². The summed E-state index contributed by atoms with van der Waals surface area (Å²) in [4.78, 5) is 51.1. The molecule has 0 saturated carbocycles. The van der Waals surface area contributed by atoms with Crippen LogP contribution in [0.4, 0.5) is 31.0 Å². The smallest absolute Gasteiger partial charge is 0.414 e. The standard InChI is InChI=1S/C25H29FN6O6.CH4/c1-16(33)27-14-19-15-31(25(36)38-19)18-5-6-21(20(26)13-18)30-10-9-28-32(12-11-30)24(35)29-17-3-7-22(34)23(37-2)8-4-17;/h3-8,13,19,28H,9-12,14-15H2,1-2H3,(H,27,33)(H,29,35);1H4/t19-;/m0./s1. The van der Waals surface area contributed by atoms with Crippen LogP contribution in [0.3, 0.4) is 0 Å². The van der Waals surface area contributed by atoms with Gasteiger partial charge in [0.05, 0.1) is 38.1 Å². The van der Waals surface area contributed by atoms with E-state index in [2.05, 4.69) is 16.1 Å². The zero-order valence-corrected chi connectivity index (χ0v) is 21.0. The normalized spacial score (nSPS) is 17.1. The van der Waals surface area contributed by atoms with Crippen molar-refractivity contribution < 1.29 is 28.2 Å². The second-order valence-electron chi connectivity index (χ2n) is 8.72. The van der Waals surface area contributed by atoms with Crippen LogP contribution in [0.25, 0.3) is 0 Å². The third-order valence-electron chi connectivity index (χ3n) is 6.10. The van der Waals surface area contributed by atoms with Crippen molar-refractivity contribution in [2.45, 2.75) is 20.5 Å². The first-order valence-electron chi connectivity index (χ1n) is 12.0. The molecule has 2 aliphatic rings. The lowest BCUT2D eigenvalue weighted by molar-refractivity contribution is -0.119. The summed E-state index contributed by atoms with van der Waals surface area (Å²) in [6.07, 6.45) is -1.13. The summed E-state index contributed by atoms with van der Waals surface area (Å²) in [6, 6.07) is 9.91. The van der Waals surface area contributed by atoms with Gasteiger partial charge in [0.25, 0.3) is 0 Å². The van der Waals surface area contributed by atoms with Gasteiger partial charge in [0.2, 0.25) is 11.3 Å². The van der Waals surface area contributed by atoms with E-state index >= 15 is 4.39 Å². The Labute approximate surface area is 225 Å². The fraction of sp³-hybridized carbons (Fsp3) is 0.385. The average Bonchev–Trinajstić information content (AvgIpc) is 3.02. The molecule has 2 saturated heterocycles. The maximum absolute atomic E-state index is 15.1. The molecule has 39 heavy (non-hydrogen) atoms. The number of benzene rings is 1. The highest BCUT2D eigenvalue weighted by atomic mass is 19.1. The quantitative estimate of drug-likeness (QED) is 0.504. The van der Waals surface area contributed by atoms with Crippen LogP contribution >= 0.6 is 0 Å². The Morgan fingerprint density at radius 2 is 1.90 bits per heavy atom. The van der Waals surface area contributed by atoms with Gasteiger partial charge in [-0.25, -0.2) is 19.4 Å². The van der Waals surface area contributed by atoms with E-state index in [0.717, 1.165) is 0 Å². The van der Waals surface area contributed by atoms with Crippen LogP contribution in [-0.4, -0.2) is 75.5 Å². The molecule has 2 aliphatic heterocycles. The number of hydrazine groups is 1. The monoisotopic (exact) mass is 544 g/mol. The molecule has 3 N–H and O–H groups in total. The second kappa shape index (κ2) is 12.9. The topological polar surface area (TPSA) is 133 Å². The van der Waals surface area contributed by atoms with E-state index in [0.29, 0.717) is 36.7 Å². The van der Waals surface area contributed by atoms with E-state index in [9.17, 15) is 19.2 Å². The number of nitrogens with zero attached hydrogens (tertiary/aromatic N) is 3. The number of methoxy groups -OCH3 is 1. The summed E-state index contributed by atoms with van der Waals surface area (Å²) in [6.45, 7) is 3.16. The molecule has 13 heteroatoms. The fourth-order valence-corrected chi connectivity index (χ4v) is 4.16. The molecule has 0 bridgehead atoms. The molecular weight excluding hydrogens is 511 g/mol. The Bertz CT molecular complexity index is 1280. The molecule has 0 spiro atoms. The van der Waals surface area contributed by atoms with Crippen molar-refractivity contribution >= 4 is 35.1 Å². The molecule has 0 aromatic heterocycles. The molecule has 2 aromatic carbocycles. The number of carbonyl (C=O) groups excluding carboxylic acids is 3. The highest BCUT2D eigenvalue weighted by molar-refractivity contribution is 5.90. The van der Waals surface area contributed by atoms with Crippen LogP contribution in [0.1, 0.15) is 14.4 Å². The first-order valence-corrected chi connectivity index (χ1v) is 12.0. The Morgan fingerprint density at radius 3 is 2.62 bits per heavy atom. The molecule has 4 amide bonds. The van der Waals surface area contributed by atoms with Crippen molar-refractivity contribution in [2.75, 3.05) is 61.5 Å². The van der Waals surface area contributed by atoms with Gasteiger partial charge in [-0.3, -0.25) is 19.5 Å². The largest absolute Gasteiger partial charge is 0.493 e. The van der Waals surface area contributed by atoms with Gasteiger partial charge >= 0.3 is 12.1 Å². The van der Waals surface area contributed by atoms with Crippen LogP contribution < -0.4 is 36.0 Å². The summed E-state index contributed by atoms with van der Waals surface area (Å²) in [5, 5.41) is 6.73. The Hall–Kier alpha value is -4.39. The second-order valence-corrected chi connectivity index (χ2v) is 8.72. The van der Waals surface area contributed by atoms with E-state index in [4.69, 9.17) is 9.47 Å². The number of nitrogens with one attached hydrogen (secondary N) is 3. The van der Waals surface area contributed by atoms with Crippen molar-refractivity contribution in [3.05, 3.63) is 58.5 Å². The van der Waals surface area contributed by atoms with Crippen molar-refractivity contribution in [3.8, 4) is 5.75 Å². The third kappa shape index (κ3) is 7.13. The van der Waals surface area contributed by atoms with Crippen LogP contribution in [-0.2, 0) is 9.53 Å². The summed E-state index contributed by atoms with van der Waals surface area (Å²) in [7, 11) is 1.39. The number of hydrogen-bond acceptors (Lipinski definition) is 8. The predicted octanol–water partition coefficient (Wildman–Crippen LogP) is 2.15. The summed E-state index contributed by atoms with van der Waals surface area (Å²) >= 11 is 0. The van der Waals surface area contributed by atoms with Crippen molar-refractivity contribution in [3.63, 3.8) is 0 Å². The highest BCUT2D eigenvalue weighted by Crippen LogP contribution is 2.28. The van der Waals surface area contributed by atoms with Gasteiger partial charge in [-0.2, -0.15) is 0 Å². The van der Waals surface area contributed by atoms with Gasteiger partial charge in [0, 0.05) is 32.2 Å². The molecule has 4 rings (SSSR count). The molecule has 0 radical (unpaired) electrons. The maximum atomic E-state index is 15.1. The molecule has 2 aromatic rings. The van der Waals surface area contributed by atoms with Gasteiger partial charge in [-0.05, 0) is 42.5 Å². The number of anilines is 3. The molecule has 2 fully saturated rings. The number of carbonyl (C=O) groups is 3. The Kier molecular flexibility index (Phi) is 9.66. The van der Waals surface area contributed by atoms with E-state index in [1.807, 2.05) is 0 Å². The van der Waals surface area contributed by atoms with E-state index in [1.165, 1.54) is 48.2 Å². The van der Waals surface area contributed by atoms with E-state index < -0.39 is 24.0 Å². The summed E-state index contributed by atoms with van der Waals surface area (Å²) < 4.78 is 25.4. The first kappa shape index (κ1) is 29.2. The number of urea groups is 1. The van der Waals surface area contributed by atoms with Gasteiger partial charge in [-0.15, -0.1) is 0 Å². The number of rotatable bonds is 6. The van der Waals surface area contributed by atoms with E-state index in [-0.39, 0.29) is 44.1 Å². The number of amides is 4. The maximum Gasteiger partial charge on any atom is 0.414 e. The van der Waals surface area contributed by atoms with Crippen LogP contribution in [0.15, 0.2) is 47.3 Å². The van der Waals surface area contributed by atoms with Gasteiger partial charge in [-0.1, -0.05) is 7.43 Å². The van der Waals surface area contributed by atoms with E-state index in [1.54, 1.807) is 23.1 Å². The SMILES string of the molecule is C.COc1ccc(NC(=O)N2CCN(c3ccc(N4C[C@H](CNC(C)=O)OC4=O)cc3F)CCN2)ccc1=O. The van der Waals surface area contributed by atoms with Crippen LogP contribution in [0, 0.1) is 5.82 Å². The van der Waals surface area contributed by atoms with Crippen LogP contribution in [0.2, 0.25) is 0 Å². The Morgan fingerprint density at radius 1 is 1.13 bits per heavy atom. The number of cyclic esters (lactones) is 1. The van der Waals surface area contributed by atoms with Gasteiger partial charge < -0.3 is 25.0 Å². The zero-order valence-electron chi connectivity index (χ0n) is 21.0. The predicted molar refractivity (Wildman–Crippen MR) is 145 cm³/mol. The average molecular weight is 545 g/mol. The third-order valence-corrected chi connectivity index (χ3v) is 6.10. The molecule has 0 aliphatic carbocycles. The minimum absolute atomic E-state index is 0. The minimum Gasteiger partial charge on any atom is -0.493 e. The molecule has 2 heterocycles. The number of hydrogen-bond donors (Lipinski definition) is 3. The summed E-state index contributed by atoms with van der Waals surface area (Å²) in [5.74, 6) is -0.586. The number of halogens is 1. The molecular formula is C26H33FN6O6. The molecule has 12 nitrogen and oxygen atoms in total. The molecule has 210 valence electrons.